The number of phenolic OH excluding ortho intramolecular Hbond substituents is 1. The zero-order valence-electron chi connectivity index (χ0n) is 14.1. The van der Waals surface area contributed by atoms with Crippen LogP contribution in [0.5, 0.6) is 5.75 Å². The molecule has 3 aromatic rings. The number of hydrogen-bond donors (Lipinski definition) is 4. The first-order chi connectivity index (χ1) is 12.4. The first-order valence-corrected chi connectivity index (χ1v) is 8.86. The molecule has 0 fully saturated rings. The molecule has 0 aliphatic carbocycles. The summed E-state index contributed by atoms with van der Waals surface area (Å²) in [6.07, 6.45) is 3.96. The predicted molar refractivity (Wildman–Crippen MR) is 102 cm³/mol. The van der Waals surface area contributed by atoms with E-state index in [1.54, 1.807) is 48.9 Å². The number of aromatic amines is 1. The van der Waals surface area contributed by atoms with E-state index in [0.29, 0.717) is 27.6 Å². The Labute approximate surface area is 161 Å². The van der Waals surface area contributed by atoms with Crippen molar-refractivity contribution in [3.63, 3.8) is 0 Å². The largest absolute Gasteiger partial charge is 0.507 e. The lowest BCUT2D eigenvalue weighted by molar-refractivity contribution is 0.0299. The maximum Gasteiger partial charge on any atom is 0.172 e. The second-order valence-corrected chi connectivity index (χ2v) is 7.08. The highest BCUT2D eigenvalue weighted by Crippen LogP contribution is 2.35. The van der Waals surface area contributed by atoms with E-state index in [4.69, 9.17) is 23.2 Å². The third-order valence-electron chi connectivity index (χ3n) is 4.15. The van der Waals surface area contributed by atoms with Gasteiger partial charge in [0.05, 0.1) is 6.33 Å². The summed E-state index contributed by atoms with van der Waals surface area (Å²) in [6.45, 7) is 1.94. The summed E-state index contributed by atoms with van der Waals surface area (Å²) in [5.41, 5.74) is 0.166. The van der Waals surface area contributed by atoms with Crippen LogP contribution in [0.25, 0.3) is 0 Å². The molecule has 26 heavy (non-hydrogen) atoms. The van der Waals surface area contributed by atoms with Crippen LogP contribution in [0.15, 0.2) is 55.0 Å². The first kappa shape index (κ1) is 18.7. The smallest absolute Gasteiger partial charge is 0.172 e. The molecule has 1 aromatic heterocycles. The number of aliphatic hydroxyl groups is 1. The van der Waals surface area contributed by atoms with Gasteiger partial charge in [-0.1, -0.05) is 35.3 Å². The van der Waals surface area contributed by atoms with Crippen LogP contribution < -0.4 is 5.32 Å². The Balaban J connectivity index is 1.99. The van der Waals surface area contributed by atoms with Crippen LogP contribution in [-0.4, -0.2) is 26.2 Å². The van der Waals surface area contributed by atoms with Crippen LogP contribution in [0, 0.1) is 0 Å². The molecule has 7 heteroatoms. The number of hydrogen-bond acceptors (Lipinski definition) is 4. The Hall–Kier alpha value is -2.05. The number of aromatic hydroxyl groups is 1. The fraction of sp³-hybridized carbons (Fsp3) is 0.211. The Morgan fingerprint density at radius 2 is 1.85 bits per heavy atom. The molecular weight excluding hydrogens is 373 g/mol. The third kappa shape index (κ3) is 4.02. The molecule has 0 amide bonds. The van der Waals surface area contributed by atoms with Crippen molar-refractivity contribution in [1.29, 1.82) is 0 Å². The molecule has 0 saturated heterocycles. The van der Waals surface area contributed by atoms with E-state index < -0.39 is 5.72 Å². The topological polar surface area (TPSA) is 81.2 Å². The van der Waals surface area contributed by atoms with Gasteiger partial charge < -0.3 is 15.2 Å². The van der Waals surface area contributed by atoms with Crippen molar-refractivity contribution in [3.8, 4) is 5.75 Å². The lowest BCUT2D eigenvalue weighted by Gasteiger charge is -2.34. The van der Waals surface area contributed by atoms with E-state index in [2.05, 4.69) is 15.3 Å². The van der Waals surface area contributed by atoms with Gasteiger partial charge in [0.25, 0.3) is 0 Å². The minimum Gasteiger partial charge on any atom is -0.507 e. The molecule has 1 unspecified atom stereocenters. The summed E-state index contributed by atoms with van der Waals surface area (Å²) >= 11 is 11.9. The predicted octanol–water partition coefficient (Wildman–Crippen LogP) is 3.84. The second kappa shape index (κ2) is 7.68. The molecule has 136 valence electrons. The molecule has 2 atom stereocenters. The average Bonchev–Trinajstić information content (AvgIpc) is 3.07. The van der Waals surface area contributed by atoms with Gasteiger partial charge in [-0.3, -0.25) is 5.32 Å². The zero-order valence-corrected chi connectivity index (χ0v) is 15.6. The minimum absolute atomic E-state index is 0.101. The molecule has 0 saturated carbocycles. The SMILES string of the molecule is C[C@H](Cc1cnc[nH]1)NC(O)(c1ccc(Cl)cc1)c1ccc(Cl)cc1O. The van der Waals surface area contributed by atoms with Crippen molar-refractivity contribution in [2.75, 3.05) is 0 Å². The second-order valence-electron chi connectivity index (χ2n) is 6.21. The van der Waals surface area contributed by atoms with Crippen LogP contribution in [-0.2, 0) is 12.1 Å². The Kier molecular flexibility index (Phi) is 5.53. The van der Waals surface area contributed by atoms with Crippen LogP contribution >= 0.6 is 23.2 Å². The van der Waals surface area contributed by atoms with Gasteiger partial charge in [0.15, 0.2) is 5.72 Å². The Morgan fingerprint density at radius 1 is 1.15 bits per heavy atom. The van der Waals surface area contributed by atoms with Crippen molar-refractivity contribution < 1.29 is 10.2 Å². The monoisotopic (exact) mass is 391 g/mol. The number of nitrogens with one attached hydrogen (secondary N) is 2. The molecule has 5 nitrogen and oxygen atoms in total. The molecule has 0 aliphatic rings. The molecule has 0 radical (unpaired) electrons. The van der Waals surface area contributed by atoms with E-state index in [0.717, 1.165) is 5.69 Å². The maximum atomic E-state index is 11.5. The van der Waals surface area contributed by atoms with Crippen molar-refractivity contribution >= 4 is 23.2 Å². The third-order valence-corrected chi connectivity index (χ3v) is 4.63. The van der Waals surface area contributed by atoms with Crippen molar-refractivity contribution in [2.24, 2.45) is 0 Å². The van der Waals surface area contributed by atoms with Gasteiger partial charge >= 0.3 is 0 Å². The molecule has 0 aliphatic heterocycles. The molecule has 1 heterocycles. The minimum atomic E-state index is -1.63. The van der Waals surface area contributed by atoms with Gasteiger partial charge in [-0.25, -0.2) is 4.98 Å². The summed E-state index contributed by atoms with van der Waals surface area (Å²) in [4.78, 5) is 7.05. The van der Waals surface area contributed by atoms with Gasteiger partial charge in [0.2, 0.25) is 0 Å². The summed E-state index contributed by atoms with van der Waals surface area (Å²) in [7, 11) is 0. The van der Waals surface area contributed by atoms with E-state index in [-0.39, 0.29) is 11.8 Å². The Bertz CT molecular complexity index is 869. The molecule has 4 N–H and O–H groups in total. The maximum absolute atomic E-state index is 11.5. The molecular formula is C19H19Cl2N3O2. The lowest BCUT2D eigenvalue weighted by atomic mass is 9.92. The summed E-state index contributed by atoms with van der Waals surface area (Å²) in [5, 5.41) is 26.1. The van der Waals surface area contributed by atoms with Gasteiger partial charge in [-0.05, 0) is 37.3 Å². The number of imidazole rings is 1. The number of H-pyrrole nitrogens is 1. The van der Waals surface area contributed by atoms with Crippen LogP contribution in [0.1, 0.15) is 23.7 Å². The number of phenols is 1. The lowest BCUT2D eigenvalue weighted by Crippen LogP contribution is -2.48. The summed E-state index contributed by atoms with van der Waals surface area (Å²) in [5.74, 6) is -0.101. The van der Waals surface area contributed by atoms with E-state index in [1.165, 1.54) is 6.07 Å². The first-order valence-electron chi connectivity index (χ1n) is 8.11. The number of halogens is 2. The van der Waals surface area contributed by atoms with Crippen LogP contribution in [0.2, 0.25) is 10.0 Å². The molecule has 0 bridgehead atoms. The summed E-state index contributed by atoms with van der Waals surface area (Å²) in [6, 6.07) is 11.3. The highest BCUT2D eigenvalue weighted by atomic mass is 35.5. The average molecular weight is 392 g/mol. The number of rotatable bonds is 6. The number of nitrogens with zero attached hydrogens (tertiary/aromatic N) is 1. The highest BCUT2D eigenvalue weighted by molar-refractivity contribution is 6.31. The normalized spacial score (nSPS) is 14.8. The van der Waals surface area contributed by atoms with Gasteiger partial charge in [-0.15, -0.1) is 0 Å². The van der Waals surface area contributed by atoms with Gasteiger partial charge in [0.1, 0.15) is 5.75 Å². The Morgan fingerprint density at radius 3 is 2.46 bits per heavy atom. The highest BCUT2D eigenvalue weighted by Gasteiger charge is 2.35. The molecule has 3 rings (SSSR count). The van der Waals surface area contributed by atoms with E-state index >= 15 is 0 Å². The fourth-order valence-electron chi connectivity index (χ4n) is 2.95. The van der Waals surface area contributed by atoms with Crippen LogP contribution in [0.3, 0.4) is 0 Å². The molecule has 2 aromatic carbocycles. The molecule has 0 spiro atoms. The van der Waals surface area contributed by atoms with E-state index in [1.807, 2.05) is 6.92 Å². The van der Waals surface area contributed by atoms with E-state index in [9.17, 15) is 10.2 Å². The number of benzene rings is 2. The fourth-order valence-corrected chi connectivity index (χ4v) is 3.24. The van der Waals surface area contributed by atoms with Crippen molar-refractivity contribution in [1.82, 2.24) is 15.3 Å². The quantitative estimate of drug-likeness (QED) is 0.481. The standard InChI is InChI=1S/C19H19Cl2N3O2/c1-12(8-16-10-22-11-23-16)24-19(26,13-2-4-14(20)5-3-13)17-7-6-15(21)9-18(17)25/h2-7,9-12,24-26H,8H2,1H3,(H,22,23)/t12-,19?/m1/s1. The van der Waals surface area contributed by atoms with Crippen molar-refractivity contribution in [3.05, 3.63) is 81.9 Å². The zero-order chi connectivity index (χ0) is 18.7. The van der Waals surface area contributed by atoms with Gasteiger partial charge in [-0.2, -0.15) is 0 Å². The summed E-state index contributed by atoms with van der Waals surface area (Å²) < 4.78 is 0. The van der Waals surface area contributed by atoms with Crippen LogP contribution in [0.4, 0.5) is 0 Å². The van der Waals surface area contributed by atoms with Gasteiger partial charge in [0, 0.05) is 45.5 Å². The number of aromatic nitrogens is 2. The van der Waals surface area contributed by atoms with Crippen molar-refractivity contribution in [2.45, 2.75) is 25.1 Å².